The Morgan fingerprint density at radius 3 is 2.59 bits per heavy atom. The van der Waals surface area contributed by atoms with Crippen LogP contribution in [0.3, 0.4) is 0 Å². The number of aryl methyl sites for hydroxylation is 1. The second-order valence-electron chi connectivity index (χ2n) is 8.98. The predicted molar refractivity (Wildman–Crippen MR) is 141 cm³/mol. The van der Waals surface area contributed by atoms with Gasteiger partial charge in [0.25, 0.3) is 5.91 Å². The van der Waals surface area contributed by atoms with Gasteiger partial charge in [-0.15, -0.1) is 0 Å². The van der Waals surface area contributed by atoms with Crippen molar-refractivity contribution in [1.29, 1.82) is 0 Å². The van der Waals surface area contributed by atoms with Gasteiger partial charge in [-0.2, -0.15) is 0 Å². The first-order valence-electron chi connectivity index (χ1n) is 11.9. The minimum absolute atomic E-state index is 0.145. The number of benzene rings is 1. The third-order valence-corrected chi connectivity index (χ3v) is 7.48. The summed E-state index contributed by atoms with van der Waals surface area (Å²) in [5, 5.41) is 3.69. The molecule has 10 heteroatoms. The molecule has 1 aromatic carbocycles. The third kappa shape index (κ3) is 5.60. The minimum atomic E-state index is -3.43. The number of carbonyl (C=O) groups excluding carboxylic acids is 1. The van der Waals surface area contributed by atoms with Gasteiger partial charge < -0.3 is 15.0 Å². The number of pyridine rings is 3. The van der Waals surface area contributed by atoms with Crippen LogP contribution in [0.2, 0.25) is 0 Å². The van der Waals surface area contributed by atoms with Crippen molar-refractivity contribution < 1.29 is 17.9 Å². The number of hydrogen-bond donors (Lipinski definition) is 1. The summed E-state index contributed by atoms with van der Waals surface area (Å²) in [5.74, 6) is 0.522. The van der Waals surface area contributed by atoms with E-state index >= 15 is 0 Å². The van der Waals surface area contributed by atoms with E-state index in [1.807, 2.05) is 36.4 Å². The van der Waals surface area contributed by atoms with Crippen LogP contribution in [0.1, 0.15) is 21.6 Å². The maximum absolute atomic E-state index is 12.7. The number of rotatable bonds is 6. The van der Waals surface area contributed by atoms with Crippen LogP contribution < -0.4 is 10.2 Å². The molecule has 0 unspecified atom stereocenters. The first-order valence-corrected chi connectivity index (χ1v) is 13.8. The number of hydrogen-bond acceptors (Lipinski definition) is 8. The normalized spacial score (nSPS) is 14.1. The van der Waals surface area contributed by atoms with E-state index in [0.29, 0.717) is 24.5 Å². The first-order chi connectivity index (χ1) is 17.8. The Bertz CT molecular complexity index is 1580. The molecule has 4 aromatic rings. The Kier molecular flexibility index (Phi) is 6.86. The van der Waals surface area contributed by atoms with Gasteiger partial charge in [-0.25, -0.2) is 18.4 Å². The second-order valence-corrected chi connectivity index (χ2v) is 11.0. The molecule has 1 aliphatic rings. The number of sulfone groups is 1. The summed E-state index contributed by atoms with van der Waals surface area (Å²) in [6, 6.07) is 16.3. The van der Waals surface area contributed by atoms with Crippen LogP contribution in [-0.2, 0) is 21.1 Å². The highest BCUT2D eigenvalue weighted by atomic mass is 32.2. The van der Waals surface area contributed by atoms with Crippen molar-refractivity contribution in [2.45, 2.75) is 18.4 Å². The summed E-state index contributed by atoms with van der Waals surface area (Å²) in [7, 11) is -3.43. The van der Waals surface area contributed by atoms with E-state index in [1.165, 1.54) is 6.07 Å². The molecular formula is C27H27N5O4S. The number of ether oxygens (including phenoxy) is 1. The van der Waals surface area contributed by atoms with Gasteiger partial charge in [-0.05, 0) is 55.0 Å². The fourth-order valence-electron chi connectivity index (χ4n) is 4.25. The smallest absolute Gasteiger partial charge is 0.251 e. The Morgan fingerprint density at radius 1 is 1.03 bits per heavy atom. The van der Waals surface area contributed by atoms with Crippen molar-refractivity contribution in [3.05, 3.63) is 77.6 Å². The van der Waals surface area contributed by atoms with Crippen molar-refractivity contribution in [2.24, 2.45) is 0 Å². The lowest BCUT2D eigenvalue weighted by Gasteiger charge is -2.28. The first kappa shape index (κ1) is 24.8. The summed E-state index contributed by atoms with van der Waals surface area (Å²) in [6.45, 7) is 4.87. The van der Waals surface area contributed by atoms with E-state index in [9.17, 15) is 13.2 Å². The summed E-state index contributed by atoms with van der Waals surface area (Å²) in [4.78, 5) is 29.1. The Morgan fingerprint density at radius 2 is 1.81 bits per heavy atom. The van der Waals surface area contributed by atoms with Crippen molar-refractivity contribution >= 4 is 32.5 Å². The largest absolute Gasteiger partial charge is 0.378 e. The third-order valence-electron chi connectivity index (χ3n) is 6.24. The number of aromatic nitrogens is 3. The van der Waals surface area contributed by atoms with Gasteiger partial charge in [0.2, 0.25) is 0 Å². The zero-order valence-corrected chi connectivity index (χ0v) is 21.5. The van der Waals surface area contributed by atoms with Gasteiger partial charge in [0, 0.05) is 36.5 Å². The molecule has 0 spiro atoms. The maximum atomic E-state index is 12.7. The van der Waals surface area contributed by atoms with Crippen molar-refractivity contribution in [2.75, 3.05) is 37.5 Å². The lowest BCUT2D eigenvalue weighted by Crippen LogP contribution is -2.36. The fourth-order valence-corrected chi connectivity index (χ4v) is 5.24. The molecule has 0 atom stereocenters. The summed E-state index contributed by atoms with van der Waals surface area (Å²) in [6.07, 6.45) is 2.85. The maximum Gasteiger partial charge on any atom is 0.251 e. The van der Waals surface area contributed by atoms with Crippen LogP contribution in [0.5, 0.6) is 0 Å². The van der Waals surface area contributed by atoms with Gasteiger partial charge >= 0.3 is 0 Å². The lowest BCUT2D eigenvalue weighted by atomic mass is 10.1. The topological polar surface area (TPSA) is 114 Å². The molecule has 0 radical (unpaired) electrons. The molecule has 5 rings (SSSR count). The van der Waals surface area contributed by atoms with Crippen LogP contribution in [0, 0.1) is 6.92 Å². The van der Waals surface area contributed by atoms with E-state index < -0.39 is 9.84 Å². The number of carbonyl (C=O) groups is 1. The molecule has 0 saturated carbocycles. The molecule has 9 nitrogen and oxygen atoms in total. The number of fused-ring (bicyclic) bond motifs is 1. The van der Waals surface area contributed by atoms with Crippen LogP contribution in [0.25, 0.3) is 22.3 Å². The number of nitrogens with zero attached hydrogens (tertiary/aromatic N) is 4. The zero-order valence-electron chi connectivity index (χ0n) is 20.6. The molecule has 37 heavy (non-hydrogen) atoms. The Labute approximate surface area is 215 Å². The summed E-state index contributed by atoms with van der Waals surface area (Å²) in [5.41, 5.74) is 3.77. The van der Waals surface area contributed by atoms with Gasteiger partial charge in [0.15, 0.2) is 9.84 Å². The highest BCUT2D eigenvalue weighted by Gasteiger charge is 2.16. The van der Waals surface area contributed by atoms with E-state index in [0.717, 1.165) is 47.5 Å². The van der Waals surface area contributed by atoms with Gasteiger partial charge in [-0.1, -0.05) is 12.1 Å². The summed E-state index contributed by atoms with van der Waals surface area (Å²) >= 11 is 0. The second kappa shape index (κ2) is 10.2. The van der Waals surface area contributed by atoms with Crippen LogP contribution in [-0.4, -0.2) is 61.8 Å². The molecule has 0 bridgehead atoms. The molecule has 0 aliphatic carbocycles. The highest BCUT2D eigenvalue weighted by Crippen LogP contribution is 2.23. The molecule has 1 N–H and O–H groups in total. The molecule has 1 saturated heterocycles. The molecule has 4 heterocycles. The molecule has 3 aromatic heterocycles. The monoisotopic (exact) mass is 517 g/mol. The molecule has 1 amide bonds. The van der Waals surface area contributed by atoms with Crippen LogP contribution in [0.15, 0.2) is 65.7 Å². The highest BCUT2D eigenvalue weighted by molar-refractivity contribution is 7.90. The number of amides is 1. The van der Waals surface area contributed by atoms with Crippen LogP contribution in [0.4, 0.5) is 5.82 Å². The average molecular weight is 518 g/mol. The summed E-state index contributed by atoms with van der Waals surface area (Å²) < 4.78 is 29.4. The molecule has 190 valence electrons. The van der Waals surface area contributed by atoms with Crippen molar-refractivity contribution in [1.82, 2.24) is 20.3 Å². The zero-order chi connectivity index (χ0) is 26.0. The van der Waals surface area contributed by atoms with E-state index in [2.05, 4.69) is 15.2 Å². The fraction of sp³-hybridized carbons (Fsp3) is 0.259. The number of morpholine rings is 1. The van der Waals surface area contributed by atoms with Crippen LogP contribution >= 0.6 is 0 Å². The van der Waals surface area contributed by atoms with E-state index in [-0.39, 0.29) is 22.9 Å². The van der Waals surface area contributed by atoms with E-state index in [4.69, 9.17) is 14.7 Å². The predicted octanol–water partition coefficient (Wildman–Crippen LogP) is 3.17. The SMILES string of the molecule is Cc1ccc(C(=O)NCc2cc3nc(-c4cccc(N5CCOCC5)n4)ccc3cn2)cc1S(C)(=O)=O. The molecule has 1 aliphatic heterocycles. The van der Waals surface area contributed by atoms with Gasteiger partial charge in [0.05, 0.1) is 47.3 Å². The Balaban J connectivity index is 1.34. The average Bonchev–Trinajstić information content (AvgIpc) is 2.91. The van der Waals surface area contributed by atoms with Gasteiger partial charge in [0.1, 0.15) is 5.82 Å². The standard InChI is InChI=1S/C27H27N5O4S/c1-18-6-7-19(14-25(18)37(2,34)35)27(33)29-17-21-15-24-20(16-28-21)8-9-23(30-24)22-4-3-5-26(31-22)32-10-12-36-13-11-32/h3-9,14-16H,10-13,17H2,1-2H3,(H,29,33). The number of anilines is 1. The van der Waals surface area contributed by atoms with E-state index in [1.54, 1.807) is 25.3 Å². The molecular weight excluding hydrogens is 490 g/mol. The molecule has 1 fully saturated rings. The van der Waals surface area contributed by atoms with Gasteiger partial charge in [-0.3, -0.25) is 9.78 Å². The van der Waals surface area contributed by atoms with Crippen molar-refractivity contribution in [3.8, 4) is 11.4 Å². The number of nitrogens with one attached hydrogen (secondary N) is 1. The van der Waals surface area contributed by atoms with Crippen molar-refractivity contribution in [3.63, 3.8) is 0 Å². The lowest BCUT2D eigenvalue weighted by molar-refractivity contribution is 0.0950. The minimum Gasteiger partial charge on any atom is -0.378 e. The Hall–Kier alpha value is -3.89. The quantitative estimate of drug-likeness (QED) is 0.415.